The van der Waals surface area contributed by atoms with E-state index in [1.807, 2.05) is 36.4 Å². The Morgan fingerprint density at radius 1 is 1.06 bits per heavy atom. The van der Waals surface area contributed by atoms with Crippen LogP contribution in [0.3, 0.4) is 0 Å². The first-order chi connectivity index (χ1) is 16.5. The number of hydrogen-bond acceptors (Lipinski definition) is 6. The number of sulfonamides is 1. The van der Waals surface area contributed by atoms with Crippen molar-refractivity contribution in [1.82, 2.24) is 4.31 Å². The molecule has 2 aromatic heterocycles. The number of nitrogens with zero attached hydrogens (tertiary/aromatic N) is 1. The third-order valence-electron chi connectivity index (χ3n) is 6.06. The molecule has 4 aromatic rings. The average molecular weight is 480 g/mol. The van der Waals surface area contributed by atoms with Gasteiger partial charge in [-0.15, -0.1) is 0 Å². The molecular weight excluding hydrogens is 454 g/mol. The lowest BCUT2D eigenvalue weighted by Gasteiger charge is -2.21. The highest BCUT2D eigenvalue weighted by Crippen LogP contribution is 2.31. The minimum absolute atomic E-state index is 0.0842. The normalized spacial score (nSPS) is 16.8. The summed E-state index contributed by atoms with van der Waals surface area (Å²) < 4.78 is 44.5. The fourth-order valence-corrected chi connectivity index (χ4v) is 5.95. The molecule has 0 radical (unpaired) electrons. The third kappa shape index (κ3) is 4.64. The summed E-state index contributed by atoms with van der Waals surface area (Å²) in [7, 11) is -3.90. The fourth-order valence-electron chi connectivity index (χ4n) is 4.32. The van der Waals surface area contributed by atoms with Crippen LogP contribution >= 0.6 is 0 Å². The van der Waals surface area contributed by atoms with Gasteiger partial charge in [0.15, 0.2) is 5.78 Å². The Morgan fingerprint density at radius 3 is 2.76 bits per heavy atom. The monoisotopic (exact) mass is 479 g/mol. The molecule has 0 bridgehead atoms. The molecule has 0 unspecified atom stereocenters. The van der Waals surface area contributed by atoms with Crippen molar-refractivity contribution in [3.63, 3.8) is 0 Å². The van der Waals surface area contributed by atoms with Gasteiger partial charge in [-0.1, -0.05) is 30.3 Å². The van der Waals surface area contributed by atoms with Gasteiger partial charge in [-0.25, -0.2) is 8.42 Å². The van der Waals surface area contributed by atoms with Crippen molar-refractivity contribution < 1.29 is 26.8 Å². The molecule has 0 saturated carbocycles. The molecule has 5 rings (SSSR count). The zero-order valence-corrected chi connectivity index (χ0v) is 19.4. The van der Waals surface area contributed by atoms with E-state index in [1.54, 1.807) is 30.5 Å². The molecule has 0 N–H and O–H groups in total. The zero-order chi connectivity index (χ0) is 23.5. The standard InChI is InChI=1S/C26H25NO6S/c28-24(13-12-19-6-3-8-21(16-19)32-18-22-9-5-15-31-22)23-10-4-14-27(23)34(29,30)26-17-20-7-1-2-11-25(20)33-26/h1-3,5-9,11,15-17,23H,4,10,12-14,18H2/t23-/m0/s1. The van der Waals surface area contributed by atoms with Crippen molar-refractivity contribution in [2.45, 2.75) is 43.4 Å². The van der Waals surface area contributed by atoms with Crippen molar-refractivity contribution in [3.05, 3.63) is 84.3 Å². The van der Waals surface area contributed by atoms with Gasteiger partial charge in [0.25, 0.3) is 10.0 Å². The van der Waals surface area contributed by atoms with Crippen LogP contribution in [0.1, 0.15) is 30.6 Å². The predicted molar refractivity (Wildman–Crippen MR) is 126 cm³/mol. The minimum Gasteiger partial charge on any atom is -0.486 e. The fraction of sp³-hybridized carbons (Fsp3) is 0.269. The van der Waals surface area contributed by atoms with E-state index >= 15 is 0 Å². The van der Waals surface area contributed by atoms with E-state index in [1.165, 1.54) is 10.4 Å². The Hall–Kier alpha value is -3.36. The highest BCUT2D eigenvalue weighted by atomic mass is 32.2. The number of para-hydroxylation sites is 1. The van der Waals surface area contributed by atoms with E-state index < -0.39 is 16.1 Å². The van der Waals surface area contributed by atoms with Crippen LogP contribution in [0, 0.1) is 0 Å². The lowest BCUT2D eigenvalue weighted by molar-refractivity contribution is -0.122. The molecular formula is C26H25NO6S. The van der Waals surface area contributed by atoms with Gasteiger partial charge in [0.05, 0.1) is 12.3 Å². The van der Waals surface area contributed by atoms with Crippen molar-refractivity contribution in [2.24, 2.45) is 0 Å². The predicted octanol–water partition coefficient (Wildman–Crippen LogP) is 4.96. The molecule has 7 nitrogen and oxygen atoms in total. The lowest BCUT2D eigenvalue weighted by atomic mass is 10.0. The first-order valence-electron chi connectivity index (χ1n) is 11.3. The van der Waals surface area contributed by atoms with Crippen molar-refractivity contribution >= 4 is 26.8 Å². The number of aryl methyl sites for hydroxylation is 1. The molecule has 176 valence electrons. The maximum Gasteiger partial charge on any atom is 0.277 e. The van der Waals surface area contributed by atoms with E-state index in [-0.39, 0.29) is 17.3 Å². The van der Waals surface area contributed by atoms with Gasteiger partial charge in [0.2, 0.25) is 5.09 Å². The molecule has 0 aliphatic carbocycles. The van der Waals surface area contributed by atoms with E-state index in [4.69, 9.17) is 13.6 Å². The van der Waals surface area contributed by atoms with Crippen LogP contribution in [0.5, 0.6) is 5.75 Å². The first kappa shape index (κ1) is 22.4. The number of ketones is 1. The van der Waals surface area contributed by atoms with Gasteiger partial charge in [0, 0.05) is 24.4 Å². The van der Waals surface area contributed by atoms with Crippen LogP contribution in [0.15, 0.2) is 86.9 Å². The van der Waals surface area contributed by atoms with Crippen molar-refractivity contribution in [3.8, 4) is 5.75 Å². The van der Waals surface area contributed by atoms with E-state index in [9.17, 15) is 13.2 Å². The Bertz CT molecular complexity index is 1360. The van der Waals surface area contributed by atoms with Crippen LogP contribution in [0.2, 0.25) is 0 Å². The zero-order valence-electron chi connectivity index (χ0n) is 18.6. The quantitative estimate of drug-likeness (QED) is 0.337. The highest BCUT2D eigenvalue weighted by Gasteiger charge is 2.40. The summed E-state index contributed by atoms with van der Waals surface area (Å²) in [6.45, 7) is 0.637. The summed E-state index contributed by atoms with van der Waals surface area (Å²) in [5, 5.41) is 0.604. The van der Waals surface area contributed by atoms with Crippen LogP contribution in [0.25, 0.3) is 11.0 Å². The summed E-state index contributed by atoms with van der Waals surface area (Å²) in [6, 6.07) is 19.2. The number of ether oxygens (including phenoxy) is 1. The van der Waals surface area contributed by atoms with Crippen molar-refractivity contribution in [2.75, 3.05) is 6.54 Å². The molecule has 1 atom stereocenters. The Labute approximate surface area is 198 Å². The molecule has 0 spiro atoms. The van der Waals surface area contributed by atoms with Gasteiger partial charge in [0.1, 0.15) is 23.7 Å². The van der Waals surface area contributed by atoms with Crippen LogP contribution in [-0.4, -0.2) is 31.1 Å². The number of carbonyl (C=O) groups excluding carboxylic acids is 1. The van der Waals surface area contributed by atoms with E-state index in [0.717, 1.165) is 16.7 Å². The molecule has 1 fully saturated rings. The molecule has 2 aromatic carbocycles. The van der Waals surface area contributed by atoms with Gasteiger partial charge in [-0.05, 0) is 55.2 Å². The lowest BCUT2D eigenvalue weighted by Crippen LogP contribution is -2.40. The number of Topliss-reactive ketones (excluding diaryl/α,β-unsaturated/α-hetero) is 1. The second-order valence-corrected chi connectivity index (χ2v) is 10.2. The molecule has 1 saturated heterocycles. The average Bonchev–Trinajstić information content (AvgIpc) is 3.61. The van der Waals surface area contributed by atoms with Gasteiger partial charge < -0.3 is 13.6 Å². The Kier molecular flexibility index (Phi) is 6.26. The van der Waals surface area contributed by atoms with E-state index in [0.29, 0.717) is 43.7 Å². The molecule has 1 aliphatic heterocycles. The number of rotatable bonds is 9. The number of carbonyl (C=O) groups is 1. The summed E-state index contributed by atoms with van der Waals surface area (Å²) >= 11 is 0. The Morgan fingerprint density at radius 2 is 1.94 bits per heavy atom. The molecule has 1 aliphatic rings. The maximum absolute atomic E-state index is 13.3. The summed E-state index contributed by atoms with van der Waals surface area (Å²) in [6.07, 6.45) is 3.52. The second-order valence-electron chi connectivity index (χ2n) is 8.36. The summed E-state index contributed by atoms with van der Waals surface area (Å²) in [5.41, 5.74) is 1.47. The van der Waals surface area contributed by atoms with Gasteiger partial charge in [-0.3, -0.25) is 4.79 Å². The number of fused-ring (bicyclic) bond motifs is 1. The Balaban J connectivity index is 1.24. The van der Waals surface area contributed by atoms with E-state index in [2.05, 4.69) is 0 Å². The minimum atomic E-state index is -3.90. The van der Waals surface area contributed by atoms with Crippen LogP contribution in [0.4, 0.5) is 0 Å². The molecule has 34 heavy (non-hydrogen) atoms. The first-order valence-corrected chi connectivity index (χ1v) is 12.7. The smallest absolute Gasteiger partial charge is 0.277 e. The summed E-state index contributed by atoms with van der Waals surface area (Å²) in [4.78, 5) is 13.1. The molecule has 8 heteroatoms. The molecule has 0 amide bonds. The van der Waals surface area contributed by atoms with Gasteiger partial charge >= 0.3 is 0 Å². The van der Waals surface area contributed by atoms with Gasteiger partial charge in [-0.2, -0.15) is 4.31 Å². The van der Waals surface area contributed by atoms with Crippen LogP contribution in [-0.2, 0) is 27.8 Å². The second kappa shape index (κ2) is 9.48. The maximum atomic E-state index is 13.3. The number of benzene rings is 2. The largest absolute Gasteiger partial charge is 0.486 e. The topological polar surface area (TPSA) is 90.0 Å². The highest BCUT2D eigenvalue weighted by molar-refractivity contribution is 7.89. The number of hydrogen-bond donors (Lipinski definition) is 0. The molecule has 3 heterocycles. The SMILES string of the molecule is O=C(CCc1cccc(OCc2ccco2)c1)[C@@H]1CCCN1S(=O)(=O)c1cc2ccccc2o1. The van der Waals surface area contributed by atoms with Crippen molar-refractivity contribution in [1.29, 1.82) is 0 Å². The summed E-state index contributed by atoms with van der Waals surface area (Å²) in [5.74, 6) is 1.34. The van der Waals surface area contributed by atoms with Crippen LogP contribution < -0.4 is 4.74 Å². The third-order valence-corrected chi connectivity index (χ3v) is 7.83. The number of furan rings is 2.